The van der Waals surface area contributed by atoms with E-state index >= 15 is 0 Å². The van der Waals surface area contributed by atoms with Crippen LogP contribution in [0.25, 0.3) is 0 Å². The minimum absolute atomic E-state index is 0.0329. The molecule has 2 heterocycles. The van der Waals surface area contributed by atoms with E-state index in [1.165, 1.54) is 12.1 Å². The third-order valence-electron chi connectivity index (χ3n) is 4.21. The van der Waals surface area contributed by atoms with Crippen molar-refractivity contribution < 1.29 is 9.18 Å². The molecule has 0 aliphatic carbocycles. The number of rotatable bonds is 2. The van der Waals surface area contributed by atoms with E-state index in [4.69, 9.17) is 0 Å². The average Bonchev–Trinajstić information content (AvgIpc) is 3.08. The maximum absolute atomic E-state index is 13.0. The van der Waals surface area contributed by atoms with Crippen LogP contribution < -0.4 is 5.32 Å². The molecule has 1 N–H and O–H groups in total. The Bertz CT molecular complexity index is 487. The smallest absolute Gasteiger partial charge is 0.240 e. The van der Waals surface area contributed by atoms with E-state index in [0.29, 0.717) is 5.92 Å². The Morgan fingerprint density at radius 2 is 2.15 bits per heavy atom. The van der Waals surface area contributed by atoms with Gasteiger partial charge in [-0.3, -0.25) is 10.1 Å². The highest BCUT2D eigenvalue weighted by molar-refractivity contribution is 7.99. The summed E-state index contributed by atoms with van der Waals surface area (Å²) >= 11 is 1.77. The molecular weight excluding hydrogens is 275 g/mol. The number of benzene rings is 1. The van der Waals surface area contributed by atoms with Crippen LogP contribution in [0.3, 0.4) is 0 Å². The number of thioether (sulfide) groups is 1. The zero-order valence-electron chi connectivity index (χ0n) is 11.5. The fourth-order valence-electron chi connectivity index (χ4n) is 3.07. The van der Waals surface area contributed by atoms with Crippen LogP contribution in [0.15, 0.2) is 24.3 Å². The largest absolute Gasteiger partial charge is 0.338 e. The monoisotopic (exact) mass is 294 g/mol. The molecule has 3 rings (SSSR count). The highest BCUT2D eigenvalue weighted by Crippen LogP contribution is 2.32. The molecule has 1 amide bonds. The molecule has 0 saturated carbocycles. The summed E-state index contributed by atoms with van der Waals surface area (Å²) in [5.74, 6) is 2.05. The Morgan fingerprint density at radius 1 is 1.40 bits per heavy atom. The van der Waals surface area contributed by atoms with Gasteiger partial charge in [-0.25, -0.2) is 4.39 Å². The van der Waals surface area contributed by atoms with Crippen LogP contribution in [0.1, 0.15) is 24.8 Å². The predicted octanol–water partition coefficient (Wildman–Crippen LogP) is 2.19. The van der Waals surface area contributed by atoms with Crippen LogP contribution in [-0.4, -0.2) is 41.1 Å². The lowest BCUT2D eigenvalue weighted by Crippen LogP contribution is -2.46. The normalized spacial score (nSPS) is 29.9. The third-order valence-corrected chi connectivity index (χ3v) is 5.15. The summed E-state index contributed by atoms with van der Waals surface area (Å²) in [6.45, 7) is 2.85. The number of nitrogens with one attached hydrogen (secondary N) is 1. The van der Waals surface area contributed by atoms with E-state index in [9.17, 15) is 9.18 Å². The fourth-order valence-corrected chi connectivity index (χ4v) is 4.00. The van der Waals surface area contributed by atoms with Crippen LogP contribution >= 0.6 is 11.8 Å². The molecular formula is C15H19FN2OS. The van der Waals surface area contributed by atoms with Crippen LogP contribution in [0.4, 0.5) is 4.39 Å². The predicted molar refractivity (Wildman–Crippen MR) is 79.2 cm³/mol. The van der Waals surface area contributed by atoms with Crippen molar-refractivity contribution in [1.82, 2.24) is 10.2 Å². The molecule has 0 bridgehead atoms. The minimum atomic E-state index is -0.208. The zero-order valence-corrected chi connectivity index (χ0v) is 12.3. The summed E-state index contributed by atoms with van der Waals surface area (Å²) in [5, 5.41) is 3.24. The van der Waals surface area contributed by atoms with Gasteiger partial charge in [-0.2, -0.15) is 0 Å². The molecule has 108 valence electrons. The van der Waals surface area contributed by atoms with Crippen LogP contribution in [0.2, 0.25) is 0 Å². The van der Waals surface area contributed by atoms with Gasteiger partial charge >= 0.3 is 0 Å². The third kappa shape index (κ3) is 2.69. The van der Waals surface area contributed by atoms with Crippen molar-refractivity contribution >= 4 is 17.7 Å². The molecule has 1 aromatic carbocycles. The van der Waals surface area contributed by atoms with E-state index in [-0.39, 0.29) is 23.8 Å². The topological polar surface area (TPSA) is 32.3 Å². The molecule has 0 unspecified atom stereocenters. The number of carbonyl (C=O) groups excluding carboxylic acids is 1. The summed E-state index contributed by atoms with van der Waals surface area (Å²) in [7, 11) is 0. The summed E-state index contributed by atoms with van der Waals surface area (Å²) < 4.78 is 13.0. The first-order valence-corrected chi connectivity index (χ1v) is 8.17. The fraction of sp³-hybridized carbons (Fsp3) is 0.533. The van der Waals surface area contributed by atoms with Gasteiger partial charge in [0.15, 0.2) is 0 Å². The van der Waals surface area contributed by atoms with Crippen molar-refractivity contribution in [2.45, 2.75) is 31.3 Å². The first-order valence-electron chi connectivity index (χ1n) is 7.02. The van der Waals surface area contributed by atoms with Crippen molar-refractivity contribution in [2.24, 2.45) is 0 Å². The Morgan fingerprint density at radius 3 is 2.80 bits per heavy atom. The van der Waals surface area contributed by atoms with Crippen molar-refractivity contribution in [1.29, 1.82) is 0 Å². The molecule has 5 heteroatoms. The van der Waals surface area contributed by atoms with E-state index in [1.54, 1.807) is 11.8 Å². The summed E-state index contributed by atoms with van der Waals surface area (Å²) in [5.41, 5.74) is 1.13. The molecule has 2 fully saturated rings. The number of nitrogens with zero attached hydrogens (tertiary/aromatic N) is 1. The number of hydrogen-bond donors (Lipinski definition) is 1. The Balaban J connectivity index is 1.69. The second-order valence-electron chi connectivity index (χ2n) is 5.60. The van der Waals surface area contributed by atoms with Gasteiger partial charge in [0.05, 0.1) is 6.04 Å². The van der Waals surface area contributed by atoms with Gasteiger partial charge in [0, 0.05) is 30.1 Å². The maximum atomic E-state index is 13.0. The van der Waals surface area contributed by atoms with E-state index in [0.717, 1.165) is 30.2 Å². The molecule has 0 spiro atoms. The SMILES string of the molecule is C[C@@H]1C[C@H](c2ccc(F)cc2)CN1C(=O)[C@@H]1CSCN1. The molecule has 20 heavy (non-hydrogen) atoms. The van der Waals surface area contributed by atoms with Gasteiger partial charge in [-0.05, 0) is 31.0 Å². The number of hydrogen-bond acceptors (Lipinski definition) is 3. The van der Waals surface area contributed by atoms with Crippen molar-refractivity contribution in [3.63, 3.8) is 0 Å². The lowest BCUT2D eigenvalue weighted by atomic mass is 9.97. The second kappa shape index (κ2) is 5.74. The Hall–Kier alpha value is -1.07. The standard InChI is InChI=1S/C15H19FN2OS/c1-10-6-12(11-2-4-13(16)5-3-11)7-18(10)15(19)14-8-20-9-17-14/h2-5,10,12,14,17H,6-9H2,1H3/t10-,12+,14+/m1/s1. The molecule has 0 aromatic heterocycles. The Labute approximate surface area is 122 Å². The zero-order chi connectivity index (χ0) is 14.1. The molecule has 2 saturated heterocycles. The van der Waals surface area contributed by atoms with E-state index < -0.39 is 0 Å². The van der Waals surface area contributed by atoms with Gasteiger partial charge in [0.25, 0.3) is 0 Å². The lowest BCUT2D eigenvalue weighted by molar-refractivity contribution is -0.133. The average molecular weight is 294 g/mol. The number of likely N-dealkylation sites (tertiary alicyclic amines) is 1. The van der Waals surface area contributed by atoms with E-state index in [2.05, 4.69) is 12.2 Å². The summed E-state index contributed by atoms with van der Waals surface area (Å²) in [6.07, 6.45) is 0.956. The van der Waals surface area contributed by atoms with E-state index in [1.807, 2.05) is 17.0 Å². The molecule has 1 aromatic rings. The van der Waals surface area contributed by atoms with Gasteiger partial charge in [-0.1, -0.05) is 12.1 Å². The molecule has 0 radical (unpaired) electrons. The first-order chi connectivity index (χ1) is 9.65. The second-order valence-corrected chi connectivity index (χ2v) is 6.63. The van der Waals surface area contributed by atoms with Crippen molar-refractivity contribution in [3.8, 4) is 0 Å². The van der Waals surface area contributed by atoms with Crippen LogP contribution in [-0.2, 0) is 4.79 Å². The van der Waals surface area contributed by atoms with Gasteiger partial charge < -0.3 is 4.90 Å². The molecule has 3 nitrogen and oxygen atoms in total. The van der Waals surface area contributed by atoms with Crippen molar-refractivity contribution in [2.75, 3.05) is 18.2 Å². The van der Waals surface area contributed by atoms with Crippen molar-refractivity contribution in [3.05, 3.63) is 35.6 Å². The highest BCUT2D eigenvalue weighted by Gasteiger charge is 2.37. The quantitative estimate of drug-likeness (QED) is 0.907. The molecule has 2 aliphatic heterocycles. The molecule has 3 atom stereocenters. The van der Waals surface area contributed by atoms with Crippen LogP contribution in [0, 0.1) is 5.82 Å². The molecule has 2 aliphatic rings. The number of carbonyl (C=O) groups is 1. The first kappa shape index (κ1) is 13.9. The van der Waals surface area contributed by atoms with Gasteiger partial charge in [-0.15, -0.1) is 11.8 Å². The lowest BCUT2D eigenvalue weighted by Gasteiger charge is -2.24. The number of amides is 1. The summed E-state index contributed by atoms with van der Waals surface area (Å²) in [4.78, 5) is 14.5. The number of halogens is 1. The highest BCUT2D eigenvalue weighted by atomic mass is 32.2. The van der Waals surface area contributed by atoms with Crippen LogP contribution in [0.5, 0.6) is 0 Å². The van der Waals surface area contributed by atoms with Gasteiger partial charge in [0.1, 0.15) is 5.82 Å². The summed E-state index contributed by atoms with van der Waals surface area (Å²) in [6, 6.07) is 6.90. The Kier molecular flexibility index (Phi) is 3.98. The van der Waals surface area contributed by atoms with Gasteiger partial charge in [0.2, 0.25) is 5.91 Å². The minimum Gasteiger partial charge on any atom is -0.338 e. The maximum Gasteiger partial charge on any atom is 0.240 e.